The van der Waals surface area contributed by atoms with Crippen molar-refractivity contribution in [1.82, 2.24) is 9.80 Å². The Morgan fingerprint density at radius 1 is 1.15 bits per heavy atom. The molecule has 0 unspecified atom stereocenters. The van der Waals surface area contributed by atoms with Gasteiger partial charge in [-0.2, -0.15) is 0 Å². The van der Waals surface area contributed by atoms with Gasteiger partial charge in [0.25, 0.3) is 5.91 Å². The average molecular weight is 573 g/mol. The summed E-state index contributed by atoms with van der Waals surface area (Å²) >= 11 is 0. The minimum absolute atomic E-state index is 0.102. The van der Waals surface area contributed by atoms with E-state index in [2.05, 4.69) is 5.32 Å². The maximum atomic E-state index is 14.1. The lowest BCUT2D eigenvalue weighted by atomic mass is 10.0. The molecule has 2 N–H and O–H groups in total. The molecule has 9 nitrogen and oxygen atoms in total. The second kappa shape index (κ2) is 15.0. The maximum absolute atomic E-state index is 14.1. The highest BCUT2D eigenvalue weighted by Crippen LogP contribution is 2.29. The van der Waals surface area contributed by atoms with Crippen LogP contribution in [0, 0.1) is 11.7 Å². The van der Waals surface area contributed by atoms with Gasteiger partial charge in [0.15, 0.2) is 0 Å². The van der Waals surface area contributed by atoms with Crippen molar-refractivity contribution in [3.8, 4) is 5.75 Å². The summed E-state index contributed by atoms with van der Waals surface area (Å²) in [6.07, 6.45) is 2.03. The van der Waals surface area contributed by atoms with Crippen molar-refractivity contribution >= 4 is 23.3 Å². The zero-order chi connectivity index (χ0) is 30.1. The van der Waals surface area contributed by atoms with Crippen LogP contribution < -0.4 is 15.0 Å². The molecule has 0 fully saturated rings. The lowest BCUT2D eigenvalue weighted by Crippen LogP contribution is -2.48. The molecule has 3 rings (SSSR count). The topological polar surface area (TPSA) is 94.6 Å². The number of halogens is 1. The summed E-state index contributed by atoms with van der Waals surface area (Å²) in [5, 5.41) is 12.9. The number of aliphatic hydroxyl groups excluding tert-OH is 1. The van der Waals surface area contributed by atoms with Gasteiger partial charge >= 0.3 is 6.03 Å². The number of carbonyl (C=O) groups excluding carboxylic acids is 2. The number of aliphatic hydroxyl groups is 1. The highest BCUT2D eigenvalue weighted by Gasteiger charge is 2.31. The fourth-order valence-corrected chi connectivity index (χ4v) is 4.76. The van der Waals surface area contributed by atoms with E-state index in [1.165, 1.54) is 29.2 Å². The van der Waals surface area contributed by atoms with Crippen LogP contribution in [0.2, 0.25) is 0 Å². The molecule has 0 radical (unpaired) electrons. The first kappa shape index (κ1) is 32.1. The van der Waals surface area contributed by atoms with Crippen molar-refractivity contribution in [2.75, 3.05) is 57.7 Å². The molecule has 0 saturated heterocycles. The summed E-state index contributed by atoms with van der Waals surface area (Å²) in [5.74, 6) is -0.256. The van der Waals surface area contributed by atoms with Crippen LogP contribution in [0.5, 0.6) is 5.75 Å². The molecule has 1 aliphatic heterocycles. The Morgan fingerprint density at radius 3 is 2.51 bits per heavy atom. The van der Waals surface area contributed by atoms with E-state index in [-0.39, 0.29) is 49.0 Å². The van der Waals surface area contributed by atoms with Gasteiger partial charge in [-0.3, -0.25) is 4.79 Å². The third-order valence-electron chi connectivity index (χ3n) is 7.45. The molecule has 10 heteroatoms. The van der Waals surface area contributed by atoms with Gasteiger partial charge in [-0.15, -0.1) is 0 Å². The molecule has 0 bridgehead atoms. The molecular weight excluding hydrogens is 527 g/mol. The van der Waals surface area contributed by atoms with Gasteiger partial charge in [-0.05, 0) is 75.6 Å². The van der Waals surface area contributed by atoms with Crippen LogP contribution in [-0.2, 0) is 4.74 Å². The first-order chi connectivity index (χ1) is 19.5. The van der Waals surface area contributed by atoms with E-state index < -0.39 is 6.04 Å². The van der Waals surface area contributed by atoms with Crippen LogP contribution in [0.3, 0.4) is 0 Å². The number of ether oxygens (including phenoxy) is 2. The Bertz CT molecular complexity index is 1150. The highest BCUT2D eigenvalue weighted by molar-refractivity contribution is 5.98. The number of rotatable bonds is 6. The summed E-state index contributed by atoms with van der Waals surface area (Å²) in [4.78, 5) is 32.1. The molecular formula is C31H45FN4O5. The van der Waals surface area contributed by atoms with Crippen LogP contribution in [0.1, 0.15) is 50.4 Å². The van der Waals surface area contributed by atoms with Gasteiger partial charge in [0.1, 0.15) is 11.6 Å². The number of hydrogen-bond acceptors (Lipinski definition) is 6. The monoisotopic (exact) mass is 572 g/mol. The van der Waals surface area contributed by atoms with Gasteiger partial charge in [0.2, 0.25) is 0 Å². The average Bonchev–Trinajstić information content (AvgIpc) is 2.94. The van der Waals surface area contributed by atoms with E-state index >= 15 is 0 Å². The number of nitrogens with one attached hydrogen (secondary N) is 1. The van der Waals surface area contributed by atoms with E-state index in [9.17, 15) is 19.1 Å². The predicted molar refractivity (Wildman–Crippen MR) is 159 cm³/mol. The van der Waals surface area contributed by atoms with Gasteiger partial charge in [-0.25, -0.2) is 9.18 Å². The van der Waals surface area contributed by atoms with E-state index in [1.54, 1.807) is 11.9 Å². The van der Waals surface area contributed by atoms with E-state index in [0.29, 0.717) is 30.2 Å². The molecule has 226 valence electrons. The Labute approximate surface area is 243 Å². The summed E-state index contributed by atoms with van der Waals surface area (Å²) in [6, 6.07) is 10.4. The first-order valence-corrected chi connectivity index (χ1v) is 14.3. The molecule has 0 aromatic heterocycles. The predicted octanol–water partition coefficient (Wildman–Crippen LogP) is 4.85. The number of carbonyl (C=O) groups is 2. The number of urea groups is 1. The molecule has 0 aliphatic carbocycles. The van der Waals surface area contributed by atoms with Gasteiger partial charge in [0.05, 0.1) is 30.4 Å². The van der Waals surface area contributed by atoms with Crippen molar-refractivity contribution in [2.45, 2.75) is 58.3 Å². The number of benzene rings is 2. The second-order valence-electron chi connectivity index (χ2n) is 11.2. The molecule has 0 spiro atoms. The Hall–Kier alpha value is -3.37. The normalized spacial score (nSPS) is 21.2. The number of likely N-dealkylation sites (N-methyl/N-ethyl adjacent to an activating group) is 1. The number of fused-ring (bicyclic) bond motifs is 1. The fourth-order valence-electron chi connectivity index (χ4n) is 4.76. The van der Waals surface area contributed by atoms with Crippen LogP contribution in [0.4, 0.5) is 20.6 Å². The molecule has 1 aliphatic rings. The van der Waals surface area contributed by atoms with Crippen molar-refractivity contribution in [1.29, 1.82) is 0 Å². The van der Waals surface area contributed by atoms with Crippen molar-refractivity contribution in [2.24, 2.45) is 5.92 Å². The van der Waals surface area contributed by atoms with Crippen LogP contribution in [0.15, 0.2) is 42.5 Å². The molecule has 41 heavy (non-hydrogen) atoms. The van der Waals surface area contributed by atoms with Crippen LogP contribution >= 0.6 is 0 Å². The zero-order valence-electron chi connectivity index (χ0n) is 25.1. The van der Waals surface area contributed by atoms with Crippen molar-refractivity contribution < 1.29 is 28.6 Å². The summed E-state index contributed by atoms with van der Waals surface area (Å²) in [5.41, 5.74) is 1.80. The Kier molecular flexibility index (Phi) is 11.8. The SMILES string of the molecule is C[C@@H]1CCCCO[C@@H](CN(C)C(=O)Nc2ccc(F)cc2)[C@@H](C)CN([C@@H](C)CO)C(=O)c2cc(N(C)C)ccc2O1. The molecule has 2 aromatic carbocycles. The number of amides is 3. The van der Waals surface area contributed by atoms with Gasteiger partial charge < -0.3 is 34.6 Å². The van der Waals surface area contributed by atoms with Gasteiger partial charge in [-0.1, -0.05) is 6.92 Å². The smallest absolute Gasteiger partial charge is 0.321 e. The van der Waals surface area contributed by atoms with Crippen LogP contribution in [0.25, 0.3) is 0 Å². The zero-order valence-corrected chi connectivity index (χ0v) is 25.1. The minimum Gasteiger partial charge on any atom is -0.490 e. The van der Waals surface area contributed by atoms with E-state index in [0.717, 1.165) is 24.9 Å². The van der Waals surface area contributed by atoms with Crippen LogP contribution in [-0.4, -0.2) is 92.5 Å². The molecule has 4 atom stereocenters. The third kappa shape index (κ3) is 9.06. The minimum atomic E-state index is -0.453. The van der Waals surface area contributed by atoms with Crippen molar-refractivity contribution in [3.05, 3.63) is 53.8 Å². The molecule has 2 aromatic rings. The summed E-state index contributed by atoms with van der Waals surface area (Å²) in [6.45, 7) is 6.68. The largest absolute Gasteiger partial charge is 0.490 e. The number of hydrogen-bond donors (Lipinski definition) is 2. The molecule has 0 saturated carbocycles. The second-order valence-corrected chi connectivity index (χ2v) is 11.2. The lowest BCUT2D eigenvalue weighted by Gasteiger charge is -2.36. The van der Waals surface area contributed by atoms with Crippen molar-refractivity contribution in [3.63, 3.8) is 0 Å². The highest BCUT2D eigenvalue weighted by atomic mass is 19.1. The standard InChI is InChI=1S/C31H45FN4O5/c1-21-18-36(22(2)20-37)30(38)27-17-26(34(4)5)14-15-28(27)41-23(3)9-7-8-16-40-29(21)19-35(6)31(39)33-25-12-10-24(32)11-13-25/h10-15,17,21-23,29,37H,7-9,16,18-20H2,1-6H3,(H,33,39)/t21-,22-,23+,29-/m0/s1. The fraction of sp³-hybridized carbons (Fsp3) is 0.548. The lowest BCUT2D eigenvalue weighted by molar-refractivity contribution is -0.0115. The number of anilines is 2. The van der Waals surface area contributed by atoms with E-state index in [1.807, 2.05) is 58.0 Å². The first-order valence-electron chi connectivity index (χ1n) is 14.3. The van der Waals surface area contributed by atoms with E-state index in [4.69, 9.17) is 9.47 Å². The third-order valence-corrected chi connectivity index (χ3v) is 7.45. The molecule has 1 heterocycles. The Balaban J connectivity index is 1.87. The molecule has 3 amide bonds. The summed E-state index contributed by atoms with van der Waals surface area (Å²) in [7, 11) is 5.51. The quantitative estimate of drug-likeness (QED) is 0.514. The summed E-state index contributed by atoms with van der Waals surface area (Å²) < 4.78 is 25.8. The Morgan fingerprint density at radius 2 is 1.85 bits per heavy atom. The number of nitrogens with zero attached hydrogens (tertiary/aromatic N) is 3. The van der Waals surface area contributed by atoms with Gasteiger partial charge in [0, 0.05) is 58.1 Å². The maximum Gasteiger partial charge on any atom is 0.321 e.